The topological polar surface area (TPSA) is 23.6 Å². The molecule has 0 aromatic heterocycles. The molecule has 1 aliphatic heterocycles. The quantitative estimate of drug-likeness (QED) is 0.432. The van der Waals surface area contributed by atoms with Crippen LogP contribution in [0.2, 0.25) is 0 Å². The number of amides is 1. The molecule has 18 heavy (non-hydrogen) atoms. The highest BCUT2D eigenvalue weighted by molar-refractivity contribution is 5.93. The van der Waals surface area contributed by atoms with Gasteiger partial charge in [0, 0.05) is 31.8 Å². The lowest BCUT2D eigenvalue weighted by Gasteiger charge is -2.35. The number of alkyl halides is 3. The zero-order valence-electron chi connectivity index (χ0n) is 10.5. The lowest BCUT2D eigenvalue weighted by Crippen LogP contribution is -2.53. The van der Waals surface area contributed by atoms with E-state index < -0.39 is 6.30 Å². The molecule has 0 spiro atoms. The zero-order valence-corrected chi connectivity index (χ0v) is 10.5. The van der Waals surface area contributed by atoms with E-state index in [0.717, 1.165) is 0 Å². The van der Waals surface area contributed by atoms with Gasteiger partial charge in [0.25, 0.3) is 0 Å². The van der Waals surface area contributed by atoms with Crippen LogP contribution in [0, 0.1) is 0 Å². The van der Waals surface area contributed by atoms with E-state index in [1.807, 2.05) is 6.92 Å². The smallest absolute Gasteiger partial charge is 0.336 e. The Bertz CT molecular complexity index is 353. The first-order valence-electron chi connectivity index (χ1n) is 5.77. The first-order chi connectivity index (χ1) is 8.36. The molecule has 0 radical (unpaired) electrons. The van der Waals surface area contributed by atoms with Crippen molar-refractivity contribution in [1.82, 2.24) is 9.80 Å². The molecule has 0 aromatic rings. The average Bonchev–Trinajstić information content (AvgIpc) is 2.34. The SMILES string of the molecule is C/C=C\C=C(/C)C(=O)N1CCN(C(F)(F)F)CC1. The first-order valence-corrected chi connectivity index (χ1v) is 5.77. The number of hydrogen-bond acceptors (Lipinski definition) is 2. The maximum Gasteiger partial charge on any atom is 0.460 e. The van der Waals surface area contributed by atoms with Gasteiger partial charge < -0.3 is 4.90 Å². The second-order valence-electron chi connectivity index (χ2n) is 4.12. The van der Waals surface area contributed by atoms with E-state index in [9.17, 15) is 18.0 Å². The summed E-state index contributed by atoms with van der Waals surface area (Å²) in [5, 5.41) is 0. The Morgan fingerprint density at radius 2 is 1.72 bits per heavy atom. The van der Waals surface area contributed by atoms with Gasteiger partial charge >= 0.3 is 6.30 Å². The lowest BCUT2D eigenvalue weighted by molar-refractivity contribution is -0.251. The molecule has 0 bridgehead atoms. The van der Waals surface area contributed by atoms with Crippen molar-refractivity contribution in [2.75, 3.05) is 26.2 Å². The van der Waals surface area contributed by atoms with Crippen molar-refractivity contribution in [3.05, 3.63) is 23.8 Å². The molecule has 0 atom stereocenters. The highest BCUT2D eigenvalue weighted by Gasteiger charge is 2.39. The van der Waals surface area contributed by atoms with Gasteiger partial charge in [0.1, 0.15) is 0 Å². The maximum absolute atomic E-state index is 12.4. The van der Waals surface area contributed by atoms with Crippen LogP contribution in [0.15, 0.2) is 23.8 Å². The van der Waals surface area contributed by atoms with Crippen LogP contribution in [0.1, 0.15) is 13.8 Å². The highest BCUT2D eigenvalue weighted by atomic mass is 19.4. The Labute approximate surface area is 105 Å². The Morgan fingerprint density at radius 1 is 1.17 bits per heavy atom. The minimum absolute atomic E-state index is 0.110. The predicted molar refractivity (Wildman–Crippen MR) is 62.8 cm³/mol. The molecule has 0 unspecified atom stereocenters. The fraction of sp³-hybridized carbons (Fsp3) is 0.583. The molecule has 1 amide bonds. The molecule has 1 rings (SSSR count). The summed E-state index contributed by atoms with van der Waals surface area (Å²) in [5.41, 5.74) is 0.536. The number of nitrogens with zero attached hydrogens (tertiary/aromatic N) is 2. The second kappa shape index (κ2) is 6.04. The molecule has 1 heterocycles. The number of rotatable bonds is 2. The normalized spacial score (nSPS) is 19.6. The van der Waals surface area contributed by atoms with Gasteiger partial charge in [0.2, 0.25) is 5.91 Å². The van der Waals surface area contributed by atoms with Crippen LogP contribution < -0.4 is 0 Å². The highest BCUT2D eigenvalue weighted by Crippen LogP contribution is 2.22. The molecule has 0 N–H and O–H groups in total. The summed E-state index contributed by atoms with van der Waals surface area (Å²) in [4.78, 5) is 13.8. The Balaban J connectivity index is 2.56. The predicted octanol–water partition coefficient (Wildman–Crippen LogP) is 2.17. The Morgan fingerprint density at radius 3 is 2.17 bits per heavy atom. The average molecular weight is 262 g/mol. The van der Waals surface area contributed by atoms with Gasteiger partial charge in [-0.05, 0) is 13.8 Å². The number of carbonyl (C=O) groups is 1. The van der Waals surface area contributed by atoms with Crippen molar-refractivity contribution in [2.45, 2.75) is 20.1 Å². The summed E-state index contributed by atoms with van der Waals surface area (Å²) < 4.78 is 37.2. The summed E-state index contributed by atoms with van der Waals surface area (Å²) >= 11 is 0. The number of hydrogen-bond donors (Lipinski definition) is 0. The summed E-state index contributed by atoms with van der Waals surface area (Å²) in [6, 6.07) is 0. The molecular formula is C12H17F3N2O. The van der Waals surface area contributed by atoms with Gasteiger partial charge in [0.15, 0.2) is 0 Å². The van der Waals surface area contributed by atoms with Crippen molar-refractivity contribution in [2.24, 2.45) is 0 Å². The third kappa shape index (κ3) is 3.87. The largest absolute Gasteiger partial charge is 0.460 e. The van der Waals surface area contributed by atoms with Crippen LogP contribution in [0.3, 0.4) is 0 Å². The summed E-state index contributed by atoms with van der Waals surface area (Å²) in [7, 11) is 0. The molecule has 1 saturated heterocycles. The molecule has 1 fully saturated rings. The zero-order chi connectivity index (χ0) is 13.8. The fourth-order valence-electron chi connectivity index (χ4n) is 1.72. The molecule has 102 valence electrons. The fourth-order valence-corrected chi connectivity index (χ4v) is 1.72. The van der Waals surface area contributed by atoms with Crippen LogP contribution in [-0.2, 0) is 4.79 Å². The van der Waals surface area contributed by atoms with Crippen molar-refractivity contribution in [3.8, 4) is 0 Å². The number of halogens is 3. The number of piperazine rings is 1. The summed E-state index contributed by atoms with van der Waals surface area (Å²) in [6.07, 6.45) is 0.890. The molecule has 0 aliphatic carbocycles. The van der Waals surface area contributed by atoms with Gasteiger partial charge in [-0.3, -0.25) is 4.79 Å². The van der Waals surface area contributed by atoms with Gasteiger partial charge in [-0.15, -0.1) is 0 Å². The van der Waals surface area contributed by atoms with E-state index in [1.165, 1.54) is 4.90 Å². The molecular weight excluding hydrogens is 245 g/mol. The van der Waals surface area contributed by atoms with Crippen molar-refractivity contribution in [3.63, 3.8) is 0 Å². The van der Waals surface area contributed by atoms with E-state index in [2.05, 4.69) is 0 Å². The molecule has 0 saturated carbocycles. The van der Waals surface area contributed by atoms with E-state index >= 15 is 0 Å². The van der Waals surface area contributed by atoms with Gasteiger partial charge in [-0.25, -0.2) is 4.90 Å². The summed E-state index contributed by atoms with van der Waals surface area (Å²) in [5.74, 6) is -0.199. The Kier molecular flexibility index (Phi) is 4.95. The molecule has 0 aromatic carbocycles. The van der Waals surface area contributed by atoms with Crippen molar-refractivity contribution >= 4 is 5.91 Å². The van der Waals surface area contributed by atoms with Gasteiger partial charge in [-0.1, -0.05) is 18.2 Å². The van der Waals surface area contributed by atoms with Crippen molar-refractivity contribution < 1.29 is 18.0 Å². The van der Waals surface area contributed by atoms with E-state index in [-0.39, 0.29) is 32.1 Å². The first kappa shape index (κ1) is 14.8. The minimum atomic E-state index is -4.30. The van der Waals surface area contributed by atoms with Crippen LogP contribution in [0.25, 0.3) is 0 Å². The third-order valence-corrected chi connectivity index (χ3v) is 2.80. The third-order valence-electron chi connectivity index (χ3n) is 2.80. The summed E-state index contributed by atoms with van der Waals surface area (Å²) in [6.45, 7) is 3.39. The van der Waals surface area contributed by atoms with Gasteiger partial charge in [-0.2, -0.15) is 13.2 Å². The second-order valence-corrected chi connectivity index (χ2v) is 4.12. The van der Waals surface area contributed by atoms with E-state index in [4.69, 9.17) is 0 Å². The minimum Gasteiger partial charge on any atom is -0.336 e. The van der Waals surface area contributed by atoms with Crippen molar-refractivity contribution in [1.29, 1.82) is 0 Å². The lowest BCUT2D eigenvalue weighted by atomic mass is 10.2. The monoisotopic (exact) mass is 262 g/mol. The van der Waals surface area contributed by atoms with Crippen LogP contribution >= 0.6 is 0 Å². The standard InChI is InChI=1S/C12H17F3N2O/c1-3-4-5-10(2)11(18)16-6-8-17(9-7-16)12(13,14)15/h3-5H,6-9H2,1-2H3/b4-3-,10-5+. The molecule has 1 aliphatic rings. The van der Waals surface area contributed by atoms with Crippen LogP contribution in [-0.4, -0.2) is 48.2 Å². The van der Waals surface area contributed by atoms with Gasteiger partial charge in [0.05, 0.1) is 0 Å². The number of allylic oxidation sites excluding steroid dienone is 3. The van der Waals surface area contributed by atoms with Crippen LogP contribution in [0.4, 0.5) is 13.2 Å². The molecule has 6 heteroatoms. The number of carbonyl (C=O) groups excluding carboxylic acids is 1. The van der Waals surface area contributed by atoms with E-state index in [0.29, 0.717) is 10.5 Å². The van der Waals surface area contributed by atoms with Crippen LogP contribution in [0.5, 0.6) is 0 Å². The maximum atomic E-state index is 12.4. The van der Waals surface area contributed by atoms with E-state index in [1.54, 1.807) is 25.2 Å². The molecule has 3 nitrogen and oxygen atoms in total. The Hall–Kier alpha value is -1.30.